The summed E-state index contributed by atoms with van der Waals surface area (Å²) in [4.78, 5) is 12.4. The van der Waals surface area contributed by atoms with Gasteiger partial charge < -0.3 is 10.0 Å². The maximum atomic E-state index is 10.8. The lowest BCUT2D eigenvalue weighted by Crippen LogP contribution is -2.61. The highest BCUT2D eigenvalue weighted by atomic mass is 16.6. The summed E-state index contributed by atoms with van der Waals surface area (Å²) in [5.41, 5.74) is 0.972. The van der Waals surface area contributed by atoms with E-state index in [2.05, 4.69) is 0 Å². The normalized spacial score (nSPS) is 17.7. The highest BCUT2D eigenvalue weighted by Gasteiger charge is 2.39. The van der Waals surface area contributed by atoms with Gasteiger partial charge in [-0.2, -0.15) is 0 Å². The Balaban J connectivity index is 2.19. The molecule has 2 rings (SSSR count). The standard InChI is InChI=1S/C12H16N2O3/c1-3-12(15)7-13(8-12)10-5-4-9(2)11(6-10)14(16)17/h4-6,15H,3,7-8H2,1-2H3. The molecule has 0 saturated carbocycles. The third-order valence-electron chi connectivity index (χ3n) is 3.38. The number of hydrogen-bond donors (Lipinski definition) is 1. The first-order valence-electron chi connectivity index (χ1n) is 5.67. The van der Waals surface area contributed by atoms with Gasteiger partial charge in [0.1, 0.15) is 0 Å². The molecule has 0 amide bonds. The molecule has 5 nitrogen and oxygen atoms in total. The molecule has 1 aromatic rings. The molecule has 17 heavy (non-hydrogen) atoms. The van der Waals surface area contributed by atoms with Gasteiger partial charge in [-0.3, -0.25) is 10.1 Å². The number of rotatable bonds is 3. The number of aliphatic hydroxyl groups is 1. The fourth-order valence-electron chi connectivity index (χ4n) is 2.06. The van der Waals surface area contributed by atoms with Gasteiger partial charge in [-0.15, -0.1) is 0 Å². The molecule has 1 aliphatic rings. The third-order valence-corrected chi connectivity index (χ3v) is 3.38. The average Bonchev–Trinajstić information content (AvgIpc) is 2.25. The van der Waals surface area contributed by atoms with Crippen molar-refractivity contribution in [2.45, 2.75) is 25.9 Å². The van der Waals surface area contributed by atoms with Gasteiger partial charge in [-0.05, 0) is 19.4 Å². The Kier molecular flexibility index (Phi) is 2.79. The van der Waals surface area contributed by atoms with Crippen molar-refractivity contribution in [2.75, 3.05) is 18.0 Å². The minimum atomic E-state index is -0.625. The van der Waals surface area contributed by atoms with Crippen LogP contribution in [0.2, 0.25) is 0 Å². The summed E-state index contributed by atoms with van der Waals surface area (Å²) in [7, 11) is 0. The highest BCUT2D eigenvalue weighted by Crippen LogP contribution is 2.32. The largest absolute Gasteiger partial charge is 0.386 e. The van der Waals surface area contributed by atoms with E-state index in [0.717, 1.165) is 5.69 Å². The number of hydrogen-bond acceptors (Lipinski definition) is 4. The van der Waals surface area contributed by atoms with E-state index in [4.69, 9.17) is 0 Å². The Morgan fingerprint density at radius 2 is 2.18 bits per heavy atom. The zero-order valence-electron chi connectivity index (χ0n) is 10.0. The molecule has 0 unspecified atom stereocenters. The van der Waals surface area contributed by atoms with Gasteiger partial charge in [0.25, 0.3) is 5.69 Å². The number of nitro benzene ring substituents is 1. The zero-order chi connectivity index (χ0) is 12.6. The second-order valence-corrected chi connectivity index (χ2v) is 4.66. The summed E-state index contributed by atoms with van der Waals surface area (Å²) in [6, 6.07) is 5.18. The van der Waals surface area contributed by atoms with E-state index in [-0.39, 0.29) is 10.6 Å². The molecule has 0 aromatic heterocycles. The second kappa shape index (κ2) is 4.00. The average molecular weight is 236 g/mol. The van der Waals surface area contributed by atoms with Crippen molar-refractivity contribution in [1.82, 2.24) is 0 Å². The Hall–Kier alpha value is -1.62. The maximum absolute atomic E-state index is 10.8. The SMILES string of the molecule is CCC1(O)CN(c2ccc(C)c([N+](=O)[O-])c2)C1. The molecule has 0 atom stereocenters. The van der Waals surface area contributed by atoms with Crippen molar-refractivity contribution in [3.63, 3.8) is 0 Å². The van der Waals surface area contributed by atoms with Crippen LogP contribution in [-0.2, 0) is 0 Å². The number of β-amino-alcohol motifs (C(OH)–C–C–N with tert-alkyl or cyclic N) is 1. The van der Waals surface area contributed by atoms with Gasteiger partial charge in [0.2, 0.25) is 0 Å². The van der Waals surface area contributed by atoms with Crippen LogP contribution in [0.5, 0.6) is 0 Å². The molecule has 1 aromatic carbocycles. The molecule has 5 heteroatoms. The minimum absolute atomic E-state index is 0.134. The van der Waals surface area contributed by atoms with Crippen LogP contribution < -0.4 is 4.90 Å². The van der Waals surface area contributed by atoms with Crippen LogP contribution in [0, 0.1) is 17.0 Å². The zero-order valence-corrected chi connectivity index (χ0v) is 10.0. The van der Waals surface area contributed by atoms with Crippen molar-refractivity contribution in [3.8, 4) is 0 Å². The molecule has 0 bridgehead atoms. The second-order valence-electron chi connectivity index (χ2n) is 4.66. The fraction of sp³-hybridized carbons (Fsp3) is 0.500. The molecule has 1 saturated heterocycles. The molecule has 92 valence electrons. The topological polar surface area (TPSA) is 66.6 Å². The Morgan fingerprint density at radius 3 is 2.71 bits per heavy atom. The number of nitrogens with zero attached hydrogens (tertiary/aromatic N) is 2. The predicted octanol–water partition coefficient (Wildman–Crippen LogP) is 1.86. The predicted molar refractivity (Wildman–Crippen MR) is 65.3 cm³/mol. The Morgan fingerprint density at radius 1 is 1.53 bits per heavy atom. The van der Waals surface area contributed by atoms with Crippen LogP contribution in [0.1, 0.15) is 18.9 Å². The van der Waals surface area contributed by atoms with Crippen molar-refractivity contribution in [3.05, 3.63) is 33.9 Å². The van der Waals surface area contributed by atoms with Crippen molar-refractivity contribution in [1.29, 1.82) is 0 Å². The van der Waals surface area contributed by atoms with E-state index in [1.807, 2.05) is 17.9 Å². The quantitative estimate of drug-likeness (QED) is 0.642. The van der Waals surface area contributed by atoms with Gasteiger partial charge in [-0.1, -0.05) is 13.0 Å². The molecule has 1 fully saturated rings. The van der Waals surface area contributed by atoms with E-state index in [0.29, 0.717) is 25.1 Å². The molecule has 1 heterocycles. The lowest BCUT2D eigenvalue weighted by molar-refractivity contribution is -0.385. The number of benzene rings is 1. The summed E-state index contributed by atoms with van der Waals surface area (Å²) >= 11 is 0. The minimum Gasteiger partial charge on any atom is -0.386 e. The number of anilines is 1. The molecular formula is C12H16N2O3. The highest BCUT2D eigenvalue weighted by molar-refractivity contribution is 5.58. The van der Waals surface area contributed by atoms with Crippen molar-refractivity contribution >= 4 is 11.4 Å². The van der Waals surface area contributed by atoms with Gasteiger partial charge in [0, 0.05) is 30.4 Å². The summed E-state index contributed by atoms with van der Waals surface area (Å²) in [6.45, 7) is 4.75. The maximum Gasteiger partial charge on any atom is 0.274 e. The van der Waals surface area contributed by atoms with E-state index in [1.54, 1.807) is 19.1 Å². The Labute approximate surface area is 99.8 Å². The molecule has 0 spiro atoms. The smallest absolute Gasteiger partial charge is 0.274 e. The summed E-state index contributed by atoms with van der Waals surface area (Å²) < 4.78 is 0. The van der Waals surface area contributed by atoms with Gasteiger partial charge in [-0.25, -0.2) is 0 Å². The van der Waals surface area contributed by atoms with Gasteiger partial charge >= 0.3 is 0 Å². The van der Waals surface area contributed by atoms with E-state index >= 15 is 0 Å². The monoisotopic (exact) mass is 236 g/mol. The van der Waals surface area contributed by atoms with Crippen LogP contribution in [0.15, 0.2) is 18.2 Å². The number of aryl methyl sites for hydroxylation is 1. The first-order valence-corrected chi connectivity index (χ1v) is 5.67. The third kappa shape index (κ3) is 2.10. The van der Waals surface area contributed by atoms with Crippen LogP contribution >= 0.6 is 0 Å². The first-order chi connectivity index (χ1) is 7.95. The molecular weight excluding hydrogens is 220 g/mol. The molecule has 1 N–H and O–H groups in total. The van der Waals surface area contributed by atoms with Crippen molar-refractivity contribution < 1.29 is 10.0 Å². The van der Waals surface area contributed by atoms with E-state index in [9.17, 15) is 15.2 Å². The fourth-order valence-corrected chi connectivity index (χ4v) is 2.06. The van der Waals surface area contributed by atoms with Gasteiger partial charge in [0.15, 0.2) is 0 Å². The number of nitro groups is 1. The Bertz CT molecular complexity index is 453. The lowest BCUT2D eigenvalue weighted by atomic mass is 9.90. The van der Waals surface area contributed by atoms with Gasteiger partial charge in [0.05, 0.1) is 10.5 Å². The van der Waals surface area contributed by atoms with Crippen LogP contribution in [-0.4, -0.2) is 28.7 Å². The molecule has 0 radical (unpaired) electrons. The van der Waals surface area contributed by atoms with E-state index in [1.165, 1.54) is 0 Å². The first kappa shape index (κ1) is 11.9. The summed E-state index contributed by atoms with van der Waals surface area (Å²) in [5, 5.41) is 20.7. The summed E-state index contributed by atoms with van der Waals surface area (Å²) in [5.74, 6) is 0. The van der Waals surface area contributed by atoms with Crippen LogP contribution in [0.25, 0.3) is 0 Å². The van der Waals surface area contributed by atoms with Crippen LogP contribution in [0.4, 0.5) is 11.4 Å². The van der Waals surface area contributed by atoms with E-state index < -0.39 is 5.60 Å². The lowest BCUT2D eigenvalue weighted by Gasteiger charge is -2.47. The van der Waals surface area contributed by atoms with Crippen LogP contribution in [0.3, 0.4) is 0 Å². The molecule has 1 aliphatic heterocycles. The van der Waals surface area contributed by atoms with Crippen molar-refractivity contribution in [2.24, 2.45) is 0 Å². The summed E-state index contributed by atoms with van der Waals surface area (Å²) in [6.07, 6.45) is 0.706. The molecule has 0 aliphatic carbocycles.